The van der Waals surface area contributed by atoms with E-state index in [0.29, 0.717) is 6.07 Å². The number of aliphatic carboxylic acids is 1. The summed E-state index contributed by atoms with van der Waals surface area (Å²) >= 11 is 0. The number of benzene rings is 1. The lowest BCUT2D eigenvalue weighted by molar-refractivity contribution is -0.171. The van der Waals surface area contributed by atoms with E-state index in [1.54, 1.807) is 6.92 Å². The molecule has 12 heteroatoms. The van der Waals surface area contributed by atoms with Gasteiger partial charge in [0.15, 0.2) is 5.79 Å². The van der Waals surface area contributed by atoms with E-state index >= 15 is 0 Å². The van der Waals surface area contributed by atoms with Gasteiger partial charge in [0, 0.05) is 12.5 Å². The zero-order valence-corrected chi connectivity index (χ0v) is 17.4. The molecule has 1 aliphatic heterocycles. The lowest BCUT2D eigenvalue weighted by atomic mass is 9.93. The molecule has 0 bridgehead atoms. The summed E-state index contributed by atoms with van der Waals surface area (Å²) in [6.07, 6.45) is -0.0493. The first kappa shape index (κ1) is 23.5. The number of hydrogen-bond acceptors (Lipinski definition) is 7. The molecule has 0 aromatic heterocycles. The van der Waals surface area contributed by atoms with Crippen LogP contribution in [0.3, 0.4) is 0 Å². The van der Waals surface area contributed by atoms with Crippen molar-refractivity contribution in [1.82, 2.24) is 0 Å². The van der Waals surface area contributed by atoms with E-state index in [9.17, 15) is 37.3 Å². The van der Waals surface area contributed by atoms with E-state index in [4.69, 9.17) is 9.47 Å². The van der Waals surface area contributed by atoms with Crippen LogP contribution in [0.25, 0.3) is 0 Å². The minimum atomic E-state index is -4.44. The van der Waals surface area contributed by atoms with Gasteiger partial charge in [-0.05, 0) is 31.1 Å². The molecule has 0 radical (unpaired) electrons. The van der Waals surface area contributed by atoms with Crippen LogP contribution in [-0.4, -0.2) is 65.7 Å². The van der Waals surface area contributed by atoms with Crippen molar-refractivity contribution in [2.45, 2.75) is 48.9 Å². The van der Waals surface area contributed by atoms with Gasteiger partial charge in [-0.3, -0.25) is 4.72 Å². The third-order valence-electron chi connectivity index (χ3n) is 5.62. The molecule has 1 aliphatic carbocycles. The molecule has 2 unspecified atom stereocenters. The van der Waals surface area contributed by atoms with Crippen LogP contribution < -0.4 is 4.72 Å². The zero-order valence-electron chi connectivity index (χ0n) is 16.5. The van der Waals surface area contributed by atoms with Crippen molar-refractivity contribution in [3.05, 3.63) is 41.5 Å². The first-order chi connectivity index (χ1) is 14.5. The van der Waals surface area contributed by atoms with Gasteiger partial charge in [0.05, 0.1) is 24.5 Å². The Hall–Kier alpha value is -2.12. The highest BCUT2D eigenvalue weighted by Crippen LogP contribution is 2.46. The zero-order chi connectivity index (χ0) is 23.0. The van der Waals surface area contributed by atoms with Gasteiger partial charge in [0.1, 0.15) is 28.6 Å². The quantitative estimate of drug-likeness (QED) is 0.471. The van der Waals surface area contributed by atoms with Gasteiger partial charge in [-0.2, -0.15) is 0 Å². The molecule has 2 aliphatic rings. The third kappa shape index (κ3) is 4.30. The van der Waals surface area contributed by atoms with Crippen LogP contribution in [0.15, 0.2) is 29.8 Å². The first-order valence-electron chi connectivity index (χ1n) is 9.54. The lowest BCUT2D eigenvalue weighted by Crippen LogP contribution is -2.46. The van der Waals surface area contributed by atoms with Gasteiger partial charge in [0.25, 0.3) is 0 Å². The fourth-order valence-corrected chi connectivity index (χ4v) is 5.46. The number of aliphatic hydroxyl groups is 2. The number of rotatable bonds is 7. The number of carboxylic acid groups (broad SMARTS) is 1. The SMILES string of the molecule is CC[C@]1(CO)OC2(C=C(C(=O)O)C(S(=O)(=O)Nc3ccc(F)cc3F)CC2)O[C@@H]1CO. The van der Waals surface area contributed by atoms with Crippen molar-refractivity contribution < 1.29 is 46.8 Å². The Labute approximate surface area is 177 Å². The van der Waals surface area contributed by atoms with Crippen LogP contribution in [0.2, 0.25) is 0 Å². The highest BCUT2D eigenvalue weighted by atomic mass is 32.2. The topological polar surface area (TPSA) is 142 Å². The monoisotopic (exact) mass is 463 g/mol. The summed E-state index contributed by atoms with van der Waals surface area (Å²) in [4.78, 5) is 11.9. The summed E-state index contributed by atoms with van der Waals surface area (Å²) in [5.41, 5.74) is -2.37. The number of hydrogen-bond donors (Lipinski definition) is 4. The van der Waals surface area contributed by atoms with Crippen molar-refractivity contribution in [2.24, 2.45) is 0 Å². The molecule has 4 N–H and O–H groups in total. The molecule has 1 spiro atoms. The number of carbonyl (C=O) groups is 1. The maximum Gasteiger partial charge on any atom is 0.332 e. The minimum Gasteiger partial charge on any atom is -0.478 e. The van der Waals surface area contributed by atoms with E-state index in [-0.39, 0.29) is 19.3 Å². The van der Waals surface area contributed by atoms with Crippen molar-refractivity contribution in [3.8, 4) is 0 Å². The third-order valence-corrected chi connectivity index (χ3v) is 7.36. The Morgan fingerprint density at radius 2 is 2.03 bits per heavy atom. The Morgan fingerprint density at radius 3 is 2.55 bits per heavy atom. The Bertz CT molecular complexity index is 995. The average Bonchev–Trinajstić information content (AvgIpc) is 3.03. The number of anilines is 1. The predicted octanol–water partition coefficient (Wildman–Crippen LogP) is 1.12. The predicted molar refractivity (Wildman–Crippen MR) is 104 cm³/mol. The largest absolute Gasteiger partial charge is 0.478 e. The Morgan fingerprint density at radius 1 is 1.32 bits per heavy atom. The molecular weight excluding hydrogens is 440 g/mol. The number of carboxylic acids is 1. The van der Waals surface area contributed by atoms with Crippen LogP contribution in [0, 0.1) is 11.6 Å². The molecule has 3 rings (SSSR count). The van der Waals surface area contributed by atoms with Gasteiger partial charge < -0.3 is 24.8 Å². The molecule has 1 saturated heterocycles. The molecule has 172 valence electrons. The minimum absolute atomic E-state index is 0.0977. The van der Waals surface area contributed by atoms with Crippen LogP contribution >= 0.6 is 0 Å². The molecular formula is C19H23F2NO8S. The van der Waals surface area contributed by atoms with Crippen LogP contribution in [0.5, 0.6) is 0 Å². The summed E-state index contributed by atoms with van der Waals surface area (Å²) in [7, 11) is -4.44. The van der Waals surface area contributed by atoms with Crippen molar-refractivity contribution in [2.75, 3.05) is 17.9 Å². The number of nitrogens with one attached hydrogen (secondary N) is 1. The van der Waals surface area contributed by atoms with Crippen LogP contribution in [-0.2, 0) is 24.3 Å². The Balaban J connectivity index is 1.95. The lowest BCUT2D eigenvalue weighted by Gasteiger charge is -2.34. The molecule has 1 fully saturated rings. The second-order valence-electron chi connectivity index (χ2n) is 7.48. The van der Waals surface area contributed by atoms with Crippen molar-refractivity contribution >= 4 is 21.7 Å². The van der Waals surface area contributed by atoms with Crippen LogP contribution in [0.1, 0.15) is 26.2 Å². The molecule has 1 heterocycles. The number of aliphatic hydroxyl groups excluding tert-OH is 2. The highest BCUT2D eigenvalue weighted by molar-refractivity contribution is 7.93. The summed E-state index contributed by atoms with van der Waals surface area (Å²) in [5, 5.41) is 27.5. The second-order valence-corrected chi connectivity index (χ2v) is 9.35. The molecule has 0 saturated carbocycles. The standard InChI is InChI=1S/C19H23F2NO8S/c1-2-18(10-24)16(9-23)29-19(30-18)6-5-15(12(8-19)17(25)26)31(27,28)22-14-4-3-11(20)7-13(14)21/h3-4,7-8,15-16,22-24H,2,5-6,9-10H2,1H3,(H,25,26)/t15?,16-,18-,19?/m1/s1. The maximum atomic E-state index is 13.9. The molecule has 9 nitrogen and oxygen atoms in total. The molecule has 1 aromatic rings. The summed E-state index contributed by atoms with van der Waals surface area (Å²) in [5.74, 6) is -5.25. The summed E-state index contributed by atoms with van der Waals surface area (Å²) in [6, 6.07) is 2.25. The van der Waals surface area contributed by atoms with Gasteiger partial charge in [-0.1, -0.05) is 6.92 Å². The van der Waals surface area contributed by atoms with Gasteiger partial charge in [0.2, 0.25) is 10.0 Å². The smallest absolute Gasteiger partial charge is 0.332 e. The van der Waals surface area contributed by atoms with E-state index in [0.717, 1.165) is 18.2 Å². The average molecular weight is 463 g/mol. The number of sulfonamides is 1. The molecule has 0 amide bonds. The summed E-state index contributed by atoms with van der Waals surface area (Å²) < 4.78 is 66.3. The number of ether oxygens (including phenoxy) is 2. The molecule has 31 heavy (non-hydrogen) atoms. The summed E-state index contributed by atoms with van der Waals surface area (Å²) in [6.45, 7) is 0.694. The highest BCUT2D eigenvalue weighted by Gasteiger charge is 2.57. The van der Waals surface area contributed by atoms with Gasteiger partial charge in [-0.25, -0.2) is 22.0 Å². The van der Waals surface area contributed by atoms with Crippen LogP contribution in [0.4, 0.5) is 14.5 Å². The molecule has 4 atom stereocenters. The van der Waals surface area contributed by atoms with E-state index in [1.165, 1.54) is 0 Å². The fraction of sp³-hybridized carbons (Fsp3) is 0.526. The Kier molecular flexibility index (Phi) is 6.40. The second kappa shape index (κ2) is 8.43. The normalized spacial score (nSPS) is 30.9. The van der Waals surface area contributed by atoms with Crippen molar-refractivity contribution in [1.29, 1.82) is 0 Å². The fourth-order valence-electron chi connectivity index (χ4n) is 3.91. The maximum absolute atomic E-state index is 13.9. The number of halogens is 2. The van der Waals surface area contributed by atoms with Gasteiger partial charge >= 0.3 is 5.97 Å². The van der Waals surface area contributed by atoms with Gasteiger partial charge in [-0.15, -0.1) is 0 Å². The van der Waals surface area contributed by atoms with E-state index in [2.05, 4.69) is 0 Å². The van der Waals surface area contributed by atoms with E-state index in [1.807, 2.05) is 4.72 Å². The van der Waals surface area contributed by atoms with E-state index < -0.39 is 74.8 Å². The molecule has 1 aromatic carbocycles. The van der Waals surface area contributed by atoms with Crippen molar-refractivity contribution in [3.63, 3.8) is 0 Å². The first-order valence-corrected chi connectivity index (χ1v) is 11.1.